The molecule has 1 saturated heterocycles. The van der Waals surface area contributed by atoms with Crippen LogP contribution in [0.15, 0.2) is 29.2 Å². The zero-order valence-corrected chi connectivity index (χ0v) is 11.5. The van der Waals surface area contributed by atoms with Crippen LogP contribution in [0.4, 0.5) is 4.39 Å². The maximum Gasteiger partial charge on any atom is 0.243 e. The maximum atomic E-state index is 13.0. The van der Waals surface area contributed by atoms with Crippen molar-refractivity contribution in [1.29, 1.82) is 0 Å². The molecule has 1 aromatic rings. The van der Waals surface area contributed by atoms with Crippen molar-refractivity contribution in [3.8, 4) is 0 Å². The predicted molar refractivity (Wildman–Crippen MR) is 67.1 cm³/mol. The minimum absolute atomic E-state index is 0.0269. The number of rotatable bonds is 2. The van der Waals surface area contributed by atoms with Crippen molar-refractivity contribution < 1.29 is 12.8 Å². The Hall–Kier alpha value is -0.460. The van der Waals surface area contributed by atoms with E-state index in [1.165, 1.54) is 22.5 Å². The summed E-state index contributed by atoms with van der Waals surface area (Å²) in [5, 5.41) is 0. The third-order valence-electron chi connectivity index (χ3n) is 2.76. The number of nitrogens with zero attached hydrogens (tertiary/aromatic N) is 1. The van der Waals surface area contributed by atoms with Crippen LogP contribution in [0, 0.1) is 5.82 Å². The summed E-state index contributed by atoms with van der Waals surface area (Å²) in [6, 6.07) is 5.14. The minimum Gasteiger partial charge on any atom is -0.207 e. The third kappa shape index (κ3) is 2.86. The van der Waals surface area contributed by atoms with Gasteiger partial charge in [-0.2, -0.15) is 4.31 Å². The molecule has 0 aliphatic carbocycles. The summed E-state index contributed by atoms with van der Waals surface area (Å²) in [4.78, 5) is 0.207. The first-order valence-corrected chi connectivity index (χ1v) is 7.75. The summed E-state index contributed by atoms with van der Waals surface area (Å²) in [5.41, 5.74) is 0. The van der Waals surface area contributed by atoms with Gasteiger partial charge in [0.15, 0.2) is 0 Å². The van der Waals surface area contributed by atoms with Gasteiger partial charge < -0.3 is 0 Å². The summed E-state index contributed by atoms with van der Waals surface area (Å²) < 4.78 is 38.9. The highest BCUT2D eigenvalue weighted by Gasteiger charge is 2.29. The molecule has 0 aromatic heterocycles. The van der Waals surface area contributed by atoms with E-state index in [1.54, 1.807) is 0 Å². The van der Waals surface area contributed by atoms with Crippen LogP contribution >= 0.6 is 15.9 Å². The van der Waals surface area contributed by atoms with Gasteiger partial charge in [-0.05, 0) is 31.0 Å². The van der Waals surface area contributed by atoms with Gasteiger partial charge >= 0.3 is 0 Å². The van der Waals surface area contributed by atoms with E-state index < -0.39 is 15.8 Å². The molecule has 1 aliphatic heterocycles. The predicted octanol–water partition coefficient (Wildman–Crippen LogP) is 2.37. The molecule has 1 heterocycles. The third-order valence-corrected chi connectivity index (χ3v) is 5.37. The van der Waals surface area contributed by atoms with E-state index in [1.807, 2.05) is 0 Å². The number of benzene rings is 1. The van der Waals surface area contributed by atoms with Crippen molar-refractivity contribution in [2.45, 2.75) is 22.6 Å². The Kier molecular flexibility index (Phi) is 3.85. The molecule has 0 saturated carbocycles. The molecule has 1 aliphatic rings. The number of hydrogen-bond acceptors (Lipinski definition) is 2. The van der Waals surface area contributed by atoms with Gasteiger partial charge in [0.25, 0.3) is 0 Å². The van der Waals surface area contributed by atoms with Crippen molar-refractivity contribution >= 4 is 26.0 Å². The van der Waals surface area contributed by atoms with Crippen LogP contribution in [0.25, 0.3) is 0 Å². The van der Waals surface area contributed by atoms with Crippen molar-refractivity contribution in [3.05, 3.63) is 30.1 Å². The highest BCUT2D eigenvalue weighted by molar-refractivity contribution is 9.09. The van der Waals surface area contributed by atoms with Crippen LogP contribution in [0.5, 0.6) is 0 Å². The highest BCUT2D eigenvalue weighted by Crippen LogP contribution is 2.24. The highest BCUT2D eigenvalue weighted by atomic mass is 79.9. The fourth-order valence-corrected chi connectivity index (χ4v) is 4.31. The van der Waals surface area contributed by atoms with Gasteiger partial charge in [-0.15, -0.1) is 0 Å². The normalized spacial score (nSPS) is 22.6. The molecule has 0 radical (unpaired) electrons. The monoisotopic (exact) mass is 321 g/mol. The molecule has 1 fully saturated rings. The van der Waals surface area contributed by atoms with Crippen molar-refractivity contribution in [2.24, 2.45) is 0 Å². The maximum absolute atomic E-state index is 13.0. The lowest BCUT2D eigenvalue weighted by Gasteiger charge is -2.29. The zero-order valence-electron chi connectivity index (χ0n) is 9.14. The van der Waals surface area contributed by atoms with Gasteiger partial charge in [0.2, 0.25) is 10.0 Å². The van der Waals surface area contributed by atoms with Crippen molar-refractivity contribution in [2.75, 3.05) is 13.1 Å². The molecular formula is C11H13BrFNO2S. The van der Waals surface area contributed by atoms with Crippen LogP contribution in [-0.4, -0.2) is 30.6 Å². The second-order valence-electron chi connectivity index (χ2n) is 4.06. The molecule has 17 heavy (non-hydrogen) atoms. The van der Waals surface area contributed by atoms with Gasteiger partial charge in [-0.1, -0.05) is 22.0 Å². The van der Waals surface area contributed by atoms with Crippen LogP contribution in [0.2, 0.25) is 0 Å². The van der Waals surface area contributed by atoms with Gasteiger partial charge in [-0.25, -0.2) is 12.8 Å². The summed E-state index contributed by atoms with van der Waals surface area (Å²) in [5.74, 6) is -0.529. The van der Waals surface area contributed by atoms with Crippen LogP contribution in [0.1, 0.15) is 12.8 Å². The molecule has 1 atom stereocenters. The van der Waals surface area contributed by atoms with Gasteiger partial charge in [0.05, 0.1) is 4.90 Å². The number of halogens is 2. The molecule has 0 N–H and O–H groups in total. The minimum atomic E-state index is -3.55. The summed E-state index contributed by atoms with van der Waals surface area (Å²) in [6.07, 6.45) is 1.79. The van der Waals surface area contributed by atoms with E-state index in [9.17, 15) is 12.8 Å². The van der Waals surface area contributed by atoms with Gasteiger partial charge in [0.1, 0.15) is 5.82 Å². The first-order chi connectivity index (χ1) is 8.00. The fraction of sp³-hybridized carbons (Fsp3) is 0.455. The Morgan fingerprint density at radius 2 is 2.18 bits per heavy atom. The Balaban J connectivity index is 2.29. The number of sulfonamides is 1. The Morgan fingerprint density at radius 3 is 2.82 bits per heavy atom. The topological polar surface area (TPSA) is 37.4 Å². The number of hydrogen-bond donors (Lipinski definition) is 0. The van der Waals surface area contributed by atoms with Gasteiger partial charge in [-0.3, -0.25) is 0 Å². The second kappa shape index (κ2) is 5.04. The van der Waals surface area contributed by atoms with E-state index in [2.05, 4.69) is 15.9 Å². The Bertz CT molecular complexity index is 506. The molecule has 1 unspecified atom stereocenters. The number of alkyl halides is 1. The molecule has 0 spiro atoms. The average molecular weight is 322 g/mol. The van der Waals surface area contributed by atoms with Crippen molar-refractivity contribution in [3.63, 3.8) is 0 Å². The van der Waals surface area contributed by atoms with E-state index >= 15 is 0 Å². The van der Waals surface area contributed by atoms with E-state index in [4.69, 9.17) is 0 Å². The summed E-state index contributed by atoms with van der Waals surface area (Å²) >= 11 is 3.43. The van der Waals surface area contributed by atoms with Gasteiger partial charge in [0, 0.05) is 17.9 Å². The number of piperidine rings is 1. The largest absolute Gasteiger partial charge is 0.243 e. The SMILES string of the molecule is O=S(=O)(c1cccc(F)c1)N1CCCC(Br)C1. The molecule has 6 heteroatoms. The Morgan fingerprint density at radius 1 is 1.41 bits per heavy atom. The molecule has 0 amide bonds. The summed E-state index contributed by atoms with van der Waals surface area (Å²) in [6.45, 7) is 0.944. The lowest BCUT2D eigenvalue weighted by molar-refractivity contribution is 0.355. The molecule has 3 nitrogen and oxygen atoms in total. The van der Waals surface area contributed by atoms with E-state index in [0.29, 0.717) is 13.1 Å². The standard InChI is InChI=1S/C11H13BrFNO2S/c12-9-3-2-6-14(8-9)17(15,16)11-5-1-4-10(13)7-11/h1,4-5,7,9H,2-3,6,8H2. The molecule has 2 rings (SSSR count). The second-order valence-corrected chi connectivity index (χ2v) is 7.29. The lowest BCUT2D eigenvalue weighted by atomic mass is 10.2. The smallest absolute Gasteiger partial charge is 0.207 e. The van der Waals surface area contributed by atoms with Crippen LogP contribution < -0.4 is 0 Å². The van der Waals surface area contributed by atoms with E-state index in [0.717, 1.165) is 18.9 Å². The first kappa shape index (κ1) is 13.0. The first-order valence-electron chi connectivity index (χ1n) is 5.40. The molecular weight excluding hydrogens is 309 g/mol. The Labute approximate surface area is 109 Å². The summed E-state index contributed by atoms with van der Waals surface area (Å²) in [7, 11) is -3.55. The van der Waals surface area contributed by atoms with Crippen LogP contribution in [-0.2, 0) is 10.0 Å². The molecule has 94 valence electrons. The fourth-order valence-electron chi connectivity index (χ4n) is 1.89. The van der Waals surface area contributed by atoms with Crippen LogP contribution in [0.3, 0.4) is 0 Å². The van der Waals surface area contributed by atoms with Crippen molar-refractivity contribution in [1.82, 2.24) is 4.31 Å². The molecule has 1 aromatic carbocycles. The lowest BCUT2D eigenvalue weighted by Crippen LogP contribution is -2.40. The molecule has 0 bridgehead atoms. The average Bonchev–Trinajstić information content (AvgIpc) is 2.29. The quantitative estimate of drug-likeness (QED) is 0.784. The van der Waals surface area contributed by atoms with E-state index in [-0.39, 0.29) is 9.72 Å². The zero-order chi connectivity index (χ0) is 12.5.